The lowest BCUT2D eigenvalue weighted by atomic mass is 10.3. The van der Waals surface area contributed by atoms with E-state index < -0.39 is 25.0 Å². The molecular formula is C9H9ClF3NO2. The van der Waals surface area contributed by atoms with E-state index in [1.54, 1.807) is 0 Å². The van der Waals surface area contributed by atoms with Crippen LogP contribution in [0.15, 0.2) is 16.5 Å². The van der Waals surface area contributed by atoms with Gasteiger partial charge >= 0.3 is 6.18 Å². The van der Waals surface area contributed by atoms with Crippen LogP contribution in [0.5, 0.6) is 0 Å². The first-order valence-electron chi connectivity index (χ1n) is 4.37. The second kappa shape index (κ2) is 4.78. The summed E-state index contributed by atoms with van der Waals surface area (Å²) in [5, 5.41) is 0.0209. The average molecular weight is 256 g/mol. The minimum Gasteiger partial charge on any atom is -0.440 e. The highest BCUT2D eigenvalue weighted by molar-refractivity contribution is 6.29. The van der Waals surface area contributed by atoms with Gasteiger partial charge in [0.15, 0.2) is 11.0 Å². The molecule has 0 saturated heterocycles. The number of nitrogens with zero attached hydrogens (tertiary/aromatic N) is 1. The summed E-state index contributed by atoms with van der Waals surface area (Å²) in [4.78, 5) is 12.4. The van der Waals surface area contributed by atoms with Gasteiger partial charge in [0.1, 0.15) is 0 Å². The Morgan fingerprint density at radius 3 is 2.56 bits per heavy atom. The summed E-state index contributed by atoms with van der Waals surface area (Å²) >= 11 is 5.44. The van der Waals surface area contributed by atoms with E-state index in [2.05, 4.69) is 0 Å². The van der Waals surface area contributed by atoms with Crippen LogP contribution < -0.4 is 0 Å². The van der Waals surface area contributed by atoms with E-state index >= 15 is 0 Å². The second-order valence-corrected chi connectivity index (χ2v) is 3.57. The Balaban J connectivity index is 2.55. The fraction of sp³-hybridized carbons (Fsp3) is 0.444. The zero-order valence-corrected chi connectivity index (χ0v) is 9.10. The minimum atomic E-state index is -4.28. The molecule has 0 aliphatic carbocycles. The molecule has 1 amide bonds. The van der Waals surface area contributed by atoms with E-state index in [-0.39, 0.29) is 11.0 Å². The van der Waals surface area contributed by atoms with Crippen LogP contribution in [0.2, 0.25) is 5.22 Å². The summed E-state index contributed by atoms with van der Waals surface area (Å²) < 4.78 is 40.5. The number of amides is 1. The third-order valence-corrected chi connectivity index (χ3v) is 2.06. The maximum Gasteiger partial charge on any atom is 0.390 e. The van der Waals surface area contributed by atoms with E-state index in [0.717, 1.165) is 4.90 Å². The summed E-state index contributed by atoms with van der Waals surface area (Å²) in [6.07, 6.45) is -5.33. The van der Waals surface area contributed by atoms with Gasteiger partial charge in [-0.3, -0.25) is 4.79 Å². The molecule has 0 aliphatic rings. The molecular weight excluding hydrogens is 247 g/mol. The van der Waals surface area contributed by atoms with Crippen molar-refractivity contribution in [2.75, 3.05) is 13.6 Å². The van der Waals surface area contributed by atoms with Gasteiger partial charge in [0.2, 0.25) is 0 Å². The third-order valence-electron chi connectivity index (χ3n) is 1.86. The van der Waals surface area contributed by atoms with Gasteiger partial charge in [-0.1, -0.05) is 0 Å². The van der Waals surface area contributed by atoms with Crippen molar-refractivity contribution in [2.45, 2.75) is 12.6 Å². The van der Waals surface area contributed by atoms with Gasteiger partial charge in [-0.2, -0.15) is 13.2 Å². The van der Waals surface area contributed by atoms with E-state index in [9.17, 15) is 18.0 Å². The molecule has 3 nitrogen and oxygen atoms in total. The molecule has 0 spiro atoms. The van der Waals surface area contributed by atoms with Crippen molar-refractivity contribution in [1.29, 1.82) is 0 Å². The summed E-state index contributed by atoms with van der Waals surface area (Å²) in [5.74, 6) is -0.703. The van der Waals surface area contributed by atoms with E-state index in [1.807, 2.05) is 0 Å². The molecule has 16 heavy (non-hydrogen) atoms. The van der Waals surface area contributed by atoms with Crippen molar-refractivity contribution < 1.29 is 22.4 Å². The molecule has 0 fully saturated rings. The topological polar surface area (TPSA) is 33.5 Å². The number of hydrogen-bond donors (Lipinski definition) is 0. The van der Waals surface area contributed by atoms with Crippen molar-refractivity contribution in [3.8, 4) is 0 Å². The first-order valence-corrected chi connectivity index (χ1v) is 4.75. The van der Waals surface area contributed by atoms with Crippen LogP contribution in [0.4, 0.5) is 13.2 Å². The Hall–Kier alpha value is -1.17. The highest BCUT2D eigenvalue weighted by Gasteiger charge is 2.28. The van der Waals surface area contributed by atoms with Crippen molar-refractivity contribution >= 4 is 17.5 Å². The Bertz CT molecular complexity index is 375. The number of furan rings is 1. The van der Waals surface area contributed by atoms with Gasteiger partial charge < -0.3 is 9.32 Å². The van der Waals surface area contributed by atoms with Gasteiger partial charge in [-0.25, -0.2) is 0 Å². The maximum atomic E-state index is 11.9. The summed E-state index contributed by atoms with van der Waals surface area (Å²) in [6, 6.07) is 2.67. The first kappa shape index (κ1) is 12.9. The number of rotatable bonds is 3. The second-order valence-electron chi connectivity index (χ2n) is 3.20. The molecule has 0 radical (unpaired) electrons. The molecule has 1 heterocycles. The van der Waals surface area contributed by atoms with Gasteiger partial charge in [0, 0.05) is 13.6 Å². The number of carbonyl (C=O) groups is 1. The van der Waals surface area contributed by atoms with Gasteiger partial charge in [0.25, 0.3) is 5.91 Å². The molecule has 0 N–H and O–H groups in total. The molecule has 0 aliphatic heterocycles. The Kier molecular flexibility index (Phi) is 3.85. The first-order chi connectivity index (χ1) is 7.29. The quantitative estimate of drug-likeness (QED) is 0.832. The van der Waals surface area contributed by atoms with Crippen molar-refractivity contribution in [2.24, 2.45) is 0 Å². The van der Waals surface area contributed by atoms with E-state index in [0.29, 0.717) is 0 Å². The molecule has 7 heteroatoms. The largest absolute Gasteiger partial charge is 0.440 e. The molecule has 0 unspecified atom stereocenters. The predicted molar refractivity (Wildman–Crippen MR) is 51.4 cm³/mol. The Labute approximate surface area is 94.8 Å². The lowest BCUT2D eigenvalue weighted by molar-refractivity contribution is -0.136. The molecule has 0 aromatic carbocycles. The molecule has 0 atom stereocenters. The lowest BCUT2D eigenvalue weighted by Crippen LogP contribution is -2.30. The lowest BCUT2D eigenvalue weighted by Gasteiger charge is -2.16. The van der Waals surface area contributed by atoms with Crippen molar-refractivity contribution in [1.82, 2.24) is 4.90 Å². The van der Waals surface area contributed by atoms with Crippen LogP contribution >= 0.6 is 11.6 Å². The molecule has 1 aromatic heterocycles. The summed E-state index contributed by atoms with van der Waals surface area (Å²) in [5.41, 5.74) is 0. The predicted octanol–water partition coefficient (Wildman–Crippen LogP) is 2.96. The number of alkyl halides is 3. The van der Waals surface area contributed by atoms with Crippen molar-refractivity contribution in [3.63, 3.8) is 0 Å². The highest BCUT2D eigenvalue weighted by atomic mass is 35.5. The van der Waals surface area contributed by atoms with Crippen LogP contribution in [0.25, 0.3) is 0 Å². The Morgan fingerprint density at radius 1 is 1.50 bits per heavy atom. The van der Waals surface area contributed by atoms with Crippen LogP contribution in [-0.4, -0.2) is 30.6 Å². The van der Waals surface area contributed by atoms with Crippen LogP contribution in [0.1, 0.15) is 17.0 Å². The fourth-order valence-electron chi connectivity index (χ4n) is 1.01. The monoisotopic (exact) mass is 255 g/mol. The molecule has 1 rings (SSSR count). The molecule has 0 saturated carbocycles. The third kappa shape index (κ3) is 3.77. The molecule has 1 aromatic rings. The summed E-state index contributed by atoms with van der Waals surface area (Å²) in [6.45, 7) is -0.416. The SMILES string of the molecule is CN(CCC(F)(F)F)C(=O)c1ccc(Cl)o1. The molecule has 0 bridgehead atoms. The smallest absolute Gasteiger partial charge is 0.390 e. The summed E-state index contributed by atoms with van der Waals surface area (Å²) in [7, 11) is 1.27. The number of carbonyl (C=O) groups excluding carboxylic acids is 1. The van der Waals surface area contributed by atoms with Crippen LogP contribution in [0, 0.1) is 0 Å². The standard InChI is InChI=1S/C9H9ClF3NO2/c1-14(5-4-9(11,12)13)8(15)6-2-3-7(10)16-6/h2-3H,4-5H2,1H3. The van der Waals surface area contributed by atoms with Crippen LogP contribution in [0.3, 0.4) is 0 Å². The molecule has 90 valence electrons. The van der Waals surface area contributed by atoms with Crippen molar-refractivity contribution in [3.05, 3.63) is 23.1 Å². The van der Waals surface area contributed by atoms with E-state index in [4.69, 9.17) is 16.0 Å². The zero-order chi connectivity index (χ0) is 12.3. The van der Waals surface area contributed by atoms with Gasteiger partial charge in [-0.15, -0.1) is 0 Å². The normalized spacial score (nSPS) is 11.6. The number of hydrogen-bond acceptors (Lipinski definition) is 2. The zero-order valence-electron chi connectivity index (χ0n) is 8.34. The highest BCUT2D eigenvalue weighted by Crippen LogP contribution is 2.20. The minimum absolute atomic E-state index is 0.0209. The fourth-order valence-corrected chi connectivity index (χ4v) is 1.16. The Morgan fingerprint density at radius 2 is 2.12 bits per heavy atom. The number of halogens is 4. The maximum absolute atomic E-state index is 11.9. The van der Waals surface area contributed by atoms with Gasteiger partial charge in [-0.05, 0) is 23.7 Å². The average Bonchev–Trinajstić information content (AvgIpc) is 2.59. The van der Waals surface area contributed by atoms with E-state index in [1.165, 1.54) is 19.2 Å². The van der Waals surface area contributed by atoms with Gasteiger partial charge in [0.05, 0.1) is 6.42 Å². The van der Waals surface area contributed by atoms with Crippen LogP contribution in [-0.2, 0) is 0 Å².